The number of ketones is 2. The molecule has 0 radical (unpaired) electrons. The van der Waals surface area contributed by atoms with E-state index in [0.29, 0.717) is 17.7 Å². The van der Waals surface area contributed by atoms with E-state index in [4.69, 9.17) is 0 Å². The molecule has 0 saturated carbocycles. The average Bonchev–Trinajstić information content (AvgIpc) is 3.27. The molecular weight excluding hydrogens is 398 g/mol. The Balaban J connectivity index is 1.65. The van der Waals surface area contributed by atoms with Gasteiger partial charge in [-0.1, -0.05) is 31.0 Å². The van der Waals surface area contributed by atoms with Gasteiger partial charge >= 0.3 is 0 Å². The second-order valence-corrected chi connectivity index (χ2v) is 8.26. The Morgan fingerprint density at radius 1 is 1.10 bits per heavy atom. The van der Waals surface area contributed by atoms with Crippen molar-refractivity contribution in [2.45, 2.75) is 51.5 Å². The van der Waals surface area contributed by atoms with Gasteiger partial charge in [0.1, 0.15) is 10.7 Å². The minimum absolute atomic E-state index is 0.0449. The van der Waals surface area contributed by atoms with E-state index < -0.39 is 6.04 Å². The van der Waals surface area contributed by atoms with Crippen molar-refractivity contribution in [1.82, 2.24) is 15.3 Å². The van der Waals surface area contributed by atoms with Crippen molar-refractivity contribution >= 4 is 39.7 Å². The lowest BCUT2D eigenvalue weighted by Crippen LogP contribution is -2.41. The van der Waals surface area contributed by atoms with Crippen molar-refractivity contribution in [2.24, 2.45) is 0 Å². The van der Waals surface area contributed by atoms with Crippen LogP contribution in [0.1, 0.15) is 54.3 Å². The Hall–Kier alpha value is -2.93. The summed E-state index contributed by atoms with van der Waals surface area (Å²) in [7, 11) is 0. The van der Waals surface area contributed by atoms with Crippen molar-refractivity contribution in [3.05, 3.63) is 58.7 Å². The van der Waals surface area contributed by atoms with Crippen LogP contribution in [-0.4, -0.2) is 33.5 Å². The van der Waals surface area contributed by atoms with Crippen LogP contribution in [0.3, 0.4) is 0 Å². The van der Waals surface area contributed by atoms with E-state index in [1.807, 2.05) is 30.3 Å². The molecule has 0 saturated heterocycles. The number of rotatable bonds is 11. The van der Waals surface area contributed by atoms with Crippen molar-refractivity contribution in [3.63, 3.8) is 0 Å². The van der Waals surface area contributed by atoms with Crippen molar-refractivity contribution in [2.75, 3.05) is 0 Å². The van der Waals surface area contributed by atoms with Gasteiger partial charge in [-0.05, 0) is 37.5 Å². The van der Waals surface area contributed by atoms with E-state index >= 15 is 0 Å². The molecule has 2 aromatic heterocycles. The molecule has 1 atom stereocenters. The van der Waals surface area contributed by atoms with E-state index in [2.05, 4.69) is 15.3 Å². The third-order valence-electron chi connectivity index (χ3n) is 4.90. The Morgan fingerprint density at radius 3 is 2.70 bits per heavy atom. The van der Waals surface area contributed by atoms with E-state index in [9.17, 15) is 14.4 Å². The molecule has 7 heteroatoms. The molecule has 0 fully saturated rings. The Bertz CT molecular complexity index is 1020. The van der Waals surface area contributed by atoms with Crippen LogP contribution < -0.4 is 5.32 Å². The number of nitrogens with zero attached hydrogens (tertiary/aromatic N) is 2. The molecule has 3 rings (SSSR count). The van der Waals surface area contributed by atoms with Gasteiger partial charge < -0.3 is 10.1 Å². The molecule has 30 heavy (non-hydrogen) atoms. The number of benzene rings is 1. The summed E-state index contributed by atoms with van der Waals surface area (Å²) in [5, 5.41) is 3.85. The first-order valence-corrected chi connectivity index (χ1v) is 11.0. The number of amides is 1. The third kappa shape index (κ3) is 6.29. The number of unbranched alkanes of at least 4 members (excludes halogenated alkanes) is 2. The molecule has 2 heterocycles. The molecule has 0 unspecified atom stereocenters. The minimum Gasteiger partial charge on any atom is -0.341 e. The maximum absolute atomic E-state index is 13.0. The molecule has 156 valence electrons. The van der Waals surface area contributed by atoms with E-state index in [-0.39, 0.29) is 23.9 Å². The van der Waals surface area contributed by atoms with Crippen LogP contribution in [0.15, 0.2) is 48.2 Å². The molecule has 0 aliphatic carbocycles. The number of nitrogens with one attached hydrogen (secondary N) is 1. The van der Waals surface area contributed by atoms with Gasteiger partial charge in [0.05, 0.1) is 23.3 Å². The van der Waals surface area contributed by atoms with Gasteiger partial charge in [-0.15, -0.1) is 11.3 Å². The summed E-state index contributed by atoms with van der Waals surface area (Å²) in [6.07, 6.45) is 6.93. The zero-order valence-electron chi connectivity index (χ0n) is 17.0. The maximum Gasteiger partial charge on any atom is 0.263 e. The van der Waals surface area contributed by atoms with Crippen LogP contribution in [0.25, 0.3) is 10.9 Å². The predicted molar refractivity (Wildman–Crippen MR) is 118 cm³/mol. The highest BCUT2D eigenvalue weighted by Gasteiger charge is 2.22. The van der Waals surface area contributed by atoms with Crippen LogP contribution in [-0.2, 0) is 16.0 Å². The number of hydrogen-bond acceptors (Lipinski definition) is 6. The van der Waals surface area contributed by atoms with Gasteiger partial charge in [-0.25, -0.2) is 0 Å². The van der Waals surface area contributed by atoms with Gasteiger partial charge in [0.25, 0.3) is 5.91 Å². The van der Waals surface area contributed by atoms with Gasteiger partial charge in [0.2, 0.25) is 0 Å². The summed E-state index contributed by atoms with van der Waals surface area (Å²) in [5.74, 6) is -0.155. The summed E-state index contributed by atoms with van der Waals surface area (Å²) in [6.45, 7) is 1.58. The zero-order chi connectivity index (χ0) is 21.3. The number of fused-ring (bicyclic) bond motifs is 1. The molecule has 6 nitrogen and oxygen atoms in total. The lowest BCUT2D eigenvalue weighted by Gasteiger charge is -2.17. The number of thiazole rings is 1. The second-order valence-electron chi connectivity index (χ2n) is 7.37. The molecule has 1 N–H and O–H groups in total. The lowest BCUT2D eigenvalue weighted by atomic mass is 9.98. The smallest absolute Gasteiger partial charge is 0.263 e. The maximum atomic E-state index is 13.0. The largest absolute Gasteiger partial charge is 0.341 e. The van der Waals surface area contributed by atoms with E-state index in [1.54, 1.807) is 18.6 Å². The van der Waals surface area contributed by atoms with Gasteiger partial charge in [0.15, 0.2) is 5.78 Å². The summed E-state index contributed by atoms with van der Waals surface area (Å²) in [6, 6.07) is 9.15. The first-order chi connectivity index (χ1) is 14.5. The van der Waals surface area contributed by atoms with Crippen molar-refractivity contribution in [1.29, 1.82) is 0 Å². The van der Waals surface area contributed by atoms with Crippen molar-refractivity contribution in [3.8, 4) is 0 Å². The fourth-order valence-corrected chi connectivity index (χ4v) is 3.83. The molecular formula is C23H25N3O3S. The number of Topliss-reactive ketones (excluding diaryl/α,β-unsaturated/α-hetero) is 2. The summed E-state index contributed by atoms with van der Waals surface area (Å²) < 4.78 is 0. The number of hydrogen-bond donors (Lipinski definition) is 1. The van der Waals surface area contributed by atoms with Gasteiger partial charge in [-0.3, -0.25) is 19.6 Å². The molecule has 0 aliphatic heterocycles. The topological polar surface area (TPSA) is 89.0 Å². The summed E-state index contributed by atoms with van der Waals surface area (Å²) in [5.41, 5.74) is 3.30. The number of carbonyl (C=O) groups is 3. The Morgan fingerprint density at radius 2 is 1.93 bits per heavy atom. The van der Waals surface area contributed by atoms with Crippen LogP contribution in [0.4, 0.5) is 0 Å². The summed E-state index contributed by atoms with van der Waals surface area (Å²) >= 11 is 1.24. The van der Waals surface area contributed by atoms with Gasteiger partial charge in [-0.2, -0.15) is 0 Å². The average molecular weight is 424 g/mol. The molecule has 0 aliphatic rings. The highest BCUT2D eigenvalue weighted by atomic mass is 32.1. The summed E-state index contributed by atoms with van der Waals surface area (Å²) in [4.78, 5) is 45.4. The Kier molecular flexibility index (Phi) is 7.79. The third-order valence-corrected chi connectivity index (χ3v) is 5.67. The highest BCUT2D eigenvalue weighted by Crippen LogP contribution is 2.16. The predicted octanol–water partition coefficient (Wildman–Crippen LogP) is 4.14. The SMILES string of the molecule is CC(=O)CCCCC[C@@H](NC(=O)c1cncs1)C(=O)Cc1cnc2ccccc2c1. The second kappa shape index (κ2) is 10.7. The molecule has 0 spiro atoms. The minimum atomic E-state index is -0.580. The fraction of sp³-hybridized carbons (Fsp3) is 0.348. The molecule has 3 aromatic rings. The number of pyridine rings is 1. The first-order valence-electron chi connectivity index (χ1n) is 10.1. The molecule has 1 aromatic carbocycles. The lowest BCUT2D eigenvalue weighted by molar-refractivity contribution is -0.120. The molecule has 0 bridgehead atoms. The quantitative estimate of drug-likeness (QED) is 0.468. The standard InChI is InChI=1S/C23H25N3O3S/c1-16(27)7-3-2-4-10-20(26-23(29)22-14-24-15-30-22)21(28)12-17-11-18-8-5-6-9-19(18)25-13-17/h5-6,8-9,11,13-15,20H,2-4,7,10,12H2,1H3,(H,26,29)/t20-/m1/s1. The zero-order valence-corrected chi connectivity index (χ0v) is 17.8. The van der Waals surface area contributed by atoms with Crippen LogP contribution >= 0.6 is 11.3 Å². The number of aromatic nitrogens is 2. The van der Waals surface area contributed by atoms with Crippen molar-refractivity contribution < 1.29 is 14.4 Å². The highest BCUT2D eigenvalue weighted by molar-refractivity contribution is 7.11. The normalized spacial score (nSPS) is 11.9. The van der Waals surface area contributed by atoms with E-state index in [0.717, 1.165) is 35.7 Å². The number of para-hydroxylation sites is 1. The number of carbonyl (C=O) groups excluding carboxylic acids is 3. The van der Waals surface area contributed by atoms with Crippen LogP contribution in [0, 0.1) is 0 Å². The first kappa shape index (κ1) is 21.8. The Labute approximate surface area is 179 Å². The van der Waals surface area contributed by atoms with Crippen LogP contribution in [0.5, 0.6) is 0 Å². The fourth-order valence-electron chi connectivity index (χ4n) is 3.31. The molecule has 1 amide bonds. The monoisotopic (exact) mass is 423 g/mol. The van der Waals surface area contributed by atoms with Crippen LogP contribution in [0.2, 0.25) is 0 Å². The van der Waals surface area contributed by atoms with E-state index in [1.165, 1.54) is 17.5 Å². The van der Waals surface area contributed by atoms with Gasteiger partial charge in [0, 0.05) is 24.4 Å².